The number of alkyl carbamates (subject to hydrolysis) is 1. The van der Waals surface area contributed by atoms with Gasteiger partial charge in [-0.25, -0.2) is 9.59 Å². The molecule has 4 aromatic rings. The van der Waals surface area contributed by atoms with Crippen LogP contribution in [0.1, 0.15) is 205 Å². The van der Waals surface area contributed by atoms with Gasteiger partial charge in [0, 0.05) is 65.8 Å². The summed E-state index contributed by atoms with van der Waals surface area (Å²) in [7, 11) is 6.66. The zero-order chi connectivity index (χ0) is 86.3. The quantitative estimate of drug-likeness (QED) is 0.0846. The number of carbonyl (C=O) groups is 14. The van der Waals surface area contributed by atoms with Crippen LogP contribution in [0.3, 0.4) is 0 Å². The molecule has 4 saturated heterocycles. The third kappa shape index (κ3) is 14.6. The molecular weight excluding hydrogens is 1550 g/mol. The Kier molecular flexibility index (Phi) is 23.7. The first-order chi connectivity index (χ1) is 56.2. The van der Waals surface area contributed by atoms with Crippen molar-refractivity contribution in [3.63, 3.8) is 0 Å². The van der Waals surface area contributed by atoms with Crippen molar-refractivity contribution >= 4 is 83.1 Å². The summed E-state index contributed by atoms with van der Waals surface area (Å²) in [6.45, 7) is 15.3. The van der Waals surface area contributed by atoms with Gasteiger partial charge in [-0.15, -0.1) is 0 Å². The summed E-state index contributed by atoms with van der Waals surface area (Å²) < 4.78 is 74.0. The number of hydrogen-bond acceptors (Lipinski definition) is 30. The van der Waals surface area contributed by atoms with Crippen molar-refractivity contribution in [2.24, 2.45) is 120 Å². The number of carbonyl (C=O) groups excluding carboxylic acids is 14. The molecule has 646 valence electrons. The molecule has 0 spiro atoms. The van der Waals surface area contributed by atoms with E-state index in [4.69, 9.17) is 70.8 Å². The van der Waals surface area contributed by atoms with E-state index in [0.29, 0.717) is 82.6 Å². The summed E-state index contributed by atoms with van der Waals surface area (Å²) in [5.74, 6) is -11.3. The molecule has 8 aliphatic carbocycles. The number of Topliss-reactive ketones (excluding diaryl/α,β-unsaturated/α-hetero) is 4. The highest BCUT2D eigenvalue weighted by Gasteiger charge is 2.73. The molecule has 8 saturated carbocycles. The number of cyclic esters (lactones) is 4. The van der Waals surface area contributed by atoms with E-state index >= 15 is 0 Å². The lowest BCUT2D eigenvalue weighted by atomic mass is 9.43. The highest BCUT2D eigenvalue weighted by molar-refractivity contribution is 5.96. The molecule has 12 unspecified atom stereocenters. The number of amides is 2. The summed E-state index contributed by atoms with van der Waals surface area (Å²) >= 11 is 0. The van der Waals surface area contributed by atoms with E-state index in [1.165, 1.54) is 73.1 Å². The predicted molar refractivity (Wildman–Crippen MR) is 405 cm³/mol. The average molecular weight is 1660 g/mol. The molecule has 12 aliphatic rings. The van der Waals surface area contributed by atoms with Gasteiger partial charge in [-0.05, 0) is 157 Å². The number of primary amides is 1. The van der Waals surface area contributed by atoms with Gasteiger partial charge in [0.2, 0.25) is 0 Å². The van der Waals surface area contributed by atoms with Crippen LogP contribution in [0.4, 0.5) is 9.59 Å². The number of aliphatic hydroxyl groups is 2. The number of nitrogens with two attached hydrogens (primary N) is 1. The molecule has 32 nitrogen and oxygen atoms in total. The minimum Gasteiger partial charge on any atom is -0.472 e. The van der Waals surface area contributed by atoms with Crippen LogP contribution in [0.25, 0.3) is 0 Å². The van der Waals surface area contributed by atoms with E-state index < -0.39 is 199 Å². The van der Waals surface area contributed by atoms with Crippen molar-refractivity contribution in [2.75, 3.05) is 35.5 Å². The van der Waals surface area contributed by atoms with Crippen molar-refractivity contribution in [3.05, 3.63) is 96.6 Å². The van der Waals surface area contributed by atoms with E-state index in [0.717, 1.165) is 16.7 Å². The number of rotatable bonds is 10. The van der Waals surface area contributed by atoms with Gasteiger partial charge >= 0.3 is 59.9 Å². The fourth-order valence-corrected chi connectivity index (χ4v) is 25.2. The van der Waals surface area contributed by atoms with Crippen molar-refractivity contribution in [1.82, 2.24) is 5.32 Å². The Bertz CT molecular complexity index is 4440. The summed E-state index contributed by atoms with van der Waals surface area (Å²) in [4.78, 5) is 180. The standard InChI is InChI=1S/C23H29NO8.C22H27NO8.2C21H26O7/c1-22-7-5-13-20(27)31-16(12-6-8-30-11-12)10-23(13,2)18(22)17(25)15(32-21(28)24-3)9-14(22)19(26)29-4;1-21-6-4-12-19(26)30-15(11-5-7-29-10-11)9-22(12,2)17(21)16(24)14(31-20(23)27)8-13(21)18(25)28-3;2*1-20-6-4-12-19(25)28-15(11-5-7-27-10-11)9-21(12,2)17(20)16(23)14(22)8-13(20)18(24)26-3/h6,8,11,13-16,18H,5,7,9-10H2,1-4H3,(H,24,28);5,7,10,12-15,17H,4,6,8-9H2,1-3H3,(H2,23,27);2*5,7,10,12-15,17,22H,4,6,8-9H2,1-3H3/t13?,14-,15?,16-,18?,22-,23-;12?,13-,14?,15-,17?,21-,22-;2*12?,13-,14?,15-,17?,20-,21-/m0000/s1. The van der Waals surface area contributed by atoms with Gasteiger partial charge in [0.25, 0.3) is 0 Å². The topological polar surface area (TPSA) is 462 Å². The van der Waals surface area contributed by atoms with Gasteiger partial charge in [-0.1, -0.05) is 55.4 Å². The number of aliphatic hydroxyl groups excluding tert-OH is 2. The highest BCUT2D eigenvalue weighted by Crippen LogP contribution is 2.70. The molecule has 16 rings (SSSR count). The zero-order valence-electron chi connectivity index (χ0n) is 69.2. The minimum atomic E-state index is -1.23. The maximum absolute atomic E-state index is 13.8. The van der Waals surface area contributed by atoms with Gasteiger partial charge in [0.15, 0.2) is 35.3 Å². The molecule has 32 heteroatoms. The first-order valence-corrected chi connectivity index (χ1v) is 40.8. The molecule has 28 atom stereocenters. The Labute approximate surface area is 687 Å². The van der Waals surface area contributed by atoms with Crippen LogP contribution in [0.15, 0.2) is 92.0 Å². The fraction of sp³-hybridized carbons (Fsp3) is 0.655. The first kappa shape index (κ1) is 86.9. The molecule has 4 aliphatic heterocycles. The number of methoxy groups -OCH3 is 4. The summed E-state index contributed by atoms with van der Waals surface area (Å²) in [6, 6.07) is 6.96. The maximum atomic E-state index is 13.8. The molecule has 119 heavy (non-hydrogen) atoms. The Balaban J connectivity index is 0.000000138. The number of esters is 8. The fourth-order valence-electron chi connectivity index (χ4n) is 25.2. The Morgan fingerprint density at radius 2 is 0.622 bits per heavy atom. The van der Waals surface area contributed by atoms with Crippen molar-refractivity contribution in [2.45, 2.75) is 207 Å². The molecule has 12 fully saturated rings. The second-order valence-corrected chi connectivity index (χ2v) is 36.8. The van der Waals surface area contributed by atoms with Crippen molar-refractivity contribution in [1.29, 1.82) is 0 Å². The van der Waals surface area contributed by atoms with Crippen LogP contribution in [0, 0.1) is 114 Å². The lowest BCUT2D eigenvalue weighted by Crippen LogP contribution is -2.65. The summed E-state index contributed by atoms with van der Waals surface area (Å²) in [6.07, 6.45) is 9.39. The molecule has 0 aromatic carbocycles. The zero-order valence-corrected chi connectivity index (χ0v) is 69.2. The van der Waals surface area contributed by atoms with Crippen LogP contribution in [-0.2, 0) is 105 Å². The normalized spacial score (nSPS) is 40.9. The molecule has 2 amide bonds. The van der Waals surface area contributed by atoms with Crippen LogP contribution < -0.4 is 11.1 Å². The van der Waals surface area contributed by atoms with Gasteiger partial charge in [0.1, 0.15) is 36.6 Å². The predicted octanol–water partition coefficient (Wildman–Crippen LogP) is 10.2. The second kappa shape index (κ2) is 32.5. The van der Waals surface area contributed by atoms with E-state index in [-0.39, 0.29) is 72.7 Å². The highest BCUT2D eigenvalue weighted by atomic mass is 16.6. The van der Waals surface area contributed by atoms with Crippen LogP contribution in [0.5, 0.6) is 0 Å². The lowest BCUT2D eigenvalue weighted by Gasteiger charge is -2.60. The molecule has 8 heterocycles. The smallest absolute Gasteiger partial charge is 0.407 e. The number of nitrogens with one attached hydrogen (secondary N) is 1. The largest absolute Gasteiger partial charge is 0.472 e. The van der Waals surface area contributed by atoms with E-state index in [2.05, 4.69) is 5.32 Å². The van der Waals surface area contributed by atoms with Gasteiger partial charge < -0.3 is 86.3 Å². The number of hydrogen-bond donors (Lipinski definition) is 4. The Morgan fingerprint density at radius 1 is 0.378 bits per heavy atom. The Morgan fingerprint density at radius 3 is 0.849 bits per heavy atom. The molecule has 0 radical (unpaired) electrons. The van der Waals surface area contributed by atoms with Crippen LogP contribution in [0.2, 0.25) is 0 Å². The first-order valence-electron chi connectivity index (χ1n) is 40.8. The van der Waals surface area contributed by atoms with E-state index in [1.807, 2.05) is 55.4 Å². The maximum Gasteiger partial charge on any atom is 0.407 e. The van der Waals surface area contributed by atoms with Crippen LogP contribution >= 0.6 is 0 Å². The molecule has 4 aromatic heterocycles. The monoisotopic (exact) mass is 1660 g/mol. The van der Waals surface area contributed by atoms with E-state index in [1.54, 1.807) is 36.8 Å². The molecule has 5 N–H and O–H groups in total. The minimum absolute atomic E-state index is 0.0117. The van der Waals surface area contributed by atoms with Gasteiger partial charge in [-0.2, -0.15) is 0 Å². The van der Waals surface area contributed by atoms with Crippen molar-refractivity contribution in [3.8, 4) is 0 Å². The lowest BCUT2D eigenvalue weighted by molar-refractivity contribution is -0.209. The summed E-state index contributed by atoms with van der Waals surface area (Å²) in [5.41, 5.74) is 2.21. The Hall–Kier alpha value is -9.98. The van der Waals surface area contributed by atoms with Crippen molar-refractivity contribution < 1.29 is 142 Å². The molecular formula is C87H108N2O30. The number of ketones is 4. The SMILES string of the molecule is CNC(=O)OC1C[C@@H](C(=O)OC)[C@]2(C)CCC3C(=O)O[C@H](c4ccoc4)C[C@]3(C)C2C1=O.COC(=O)[C@@H]1CC(O)C(=O)C2[C@@]3(C)C[C@@H](c4ccoc4)OC(=O)C3CC[C@]21C.COC(=O)[C@@H]1CC(O)C(=O)C2[C@@]3(C)C[C@@H](c4ccoc4)OC(=O)C3CC[C@]21C.COC(=O)[C@@H]1CC(OC(N)=O)C(=O)C2[C@@]3(C)C[C@@H](c4ccoc4)OC(=O)C3CC[C@]21C. The second-order valence-electron chi connectivity index (χ2n) is 36.8. The number of ether oxygens (including phenoxy) is 10. The molecule has 0 bridgehead atoms. The van der Waals surface area contributed by atoms with Gasteiger partial charge in [-0.3, -0.25) is 57.5 Å². The summed E-state index contributed by atoms with van der Waals surface area (Å²) in [5, 5.41) is 23.3. The third-order valence-electron chi connectivity index (χ3n) is 30.8. The van der Waals surface area contributed by atoms with Crippen LogP contribution in [-0.4, -0.2) is 153 Å². The number of fused-ring (bicyclic) bond motifs is 12. The average Bonchev–Trinajstić information content (AvgIpc) is 1.10. The third-order valence-corrected chi connectivity index (χ3v) is 30.8. The van der Waals surface area contributed by atoms with Gasteiger partial charge in [0.05, 0.1) is 126 Å². The number of furan rings is 4. The van der Waals surface area contributed by atoms with E-state index in [9.17, 15) is 77.3 Å².